The number of nitrogens with one attached hydrogen (secondary N) is 2. The normalized spacial score (nSPS) is 18.1. The zero-order valence-electron chi connectivity index (χ0n) is 18.6. The molecule has 2 heterocycles. The largest absolute Gasteiger partial charge is 0.490 e. The molecule has 2 amide bonds. The van der Waals surface area contributed by atoms with Gasteiger partial charge in [-0.05, 0) is 37.6 Å². The van der Waals surface area contributed by atoms with E-state index in [1.807, 2.05) is 0 Å². The molecular formula is C19H23N7O7S2. The second kappa shape index (κ2) is 10.2. The zero-order chi connectivity index (χ0) is 25.9. The average Bonchev–Trinajstić information content (AvgIpc) is 3.19. The van der Waals surface area contributed by atoms with E-state index in [1.165, 1.54) is 12.3 Å². The van der Waals surface area contributed by atoms with Crippen LogP contribution in [0.1, 0.15) is 23.7 Å². The van der Waals surface area contributed by atoms with E-state index < -0.39 is 34.2 Å². The number of oxime groups is 1. The molecule has 1 aromatic heterocycles. The van der Waals surface area contributed by atoms with E-state index in [0.717, 1.165) is 16.9 Å². The predicted octanol–water partition coefficient (Wildman–Crippen LogP) is -0.364. The van der Waals surface area contributed by atoms with Crippen molar-refractivity contribution >= 4 is 50.1 Å². The zero-order valence-corrected chi connectivity index (χ0v) is 20.2. The minimum Gasteiger partial charge on any atom is -0.490 e. The van der Waals surface area contributed by atoms with Crippen molar-refractivity contribution in [3.05, 3.63) is 40.4 Å². The molecule has 0 unspecified atom stereocenters. The Kier molecular flexibility index (Phi) is 7.57. The lowest BCUT2D eigenvalue weighted by molar-refractivity contribution is -0.143. The van der Waals surface area contributed by atoms with Gasteiger partial charge in [0.1, 0.15) is 29.9 Å². The van der Waals surface area contributed by atoms with Gasteiger partial charge in [0.05, 0.1) is 6.04 Å². The van der Waals surface area contributed by atoms with Crippen LogP contribution in [0.15, 0.2) is 28.7 Å². The molecule has 1 aliphatic heterocycles. The van der Waals surface area contributed by atoms with Crippen LogP contribution in [0.25, 0.3) is 0 Å². The first-order chi connectivity index (χ1) is 16.4. The van der Waals surface area contributed by atoms with E-state index in [1.54, 1.807) is 25.1 Å². The number of aryl methyl sites for hydroxylation is 1. The van der Waals surface area contributed by atoms with Gasteiger partial charge in [0.25, 0.3) is 11.8 Å². The molecule has 188 valence electrons. The smallest absolute Gasteiger partial charge is 0.362 e. The van der Waals surface area contributed by atoms with E-state index in [9.17, 15) is 18.0 Å². The number of hydrogen-bond acceptors (Lipinski definition) is 11. The molecule has 3 rings (SSSR count). The van der Waals surface area contributed by atoms with Gasteiger partial charge in [-0.1, -0.05) is 5.16 Å². The molecule has 7 N–H and O–H groups in total. The first kappa shape index (κ1) is 25.9. The van der Waals surface area contributed by atoms with Crippen LogP contribution >= 0.6 is 11.3 Å². The predicted molar refractivity (Wildman–Crippen MR) is 126 cm³/mol. The van der Waals surface area contributed by atoms with E-state index in [-0.39, 0.29) is 39.9 Å². The van der Waals surface area contributed by atoms with E-state index in [4.69, 9.17) is 31.0 Å². The fourth-order valence-electron chi connectivity index (χ4n) is 3.25. The highest BCUT2D eigenvalue weighted by Gasteiger charge is 2.51. The van der Waals surface area contributed by atoms with Crippen molar-refractivity contribution in [2.75, 3.05) is 18.9 Å². The van der Waals surface area contributed by atoms with Crippen molar-refractivity contribution < 1.29 is 32.1 Å². The number of hydrogen-bond donors (Lipinski definition) is 5. The van der Waals surface area contributed by atoms with Crippen molar-refractivity contribution in [3.63, 3.8) is 0 Å². The van der Waals surface area contributed by atoms with Gasteiger partial charge in [-0.3, -0.25) is 19.6 Å². The molecule has 0 spiro atoms. The lowest BCUT2D eigenvalue weighted by Gasteiger charge is -2.42. The molecule has 1 aliphatic rings. The summed E-state index contributed by atoms with van der Waals surface area (Å²) in [5, 5.41) is 15.3. The summed E-state index contributed by atoms with van der Waals surface area (Å²) < 4.78 is 37.4. The summed E-state index contributed by atoms with van der Waals surface area (Å²) in [7, 11) is -4.74. The number of nitrogens with two attached hydrogens (primary N) is 2. The van der Waals surface area contributed by atoms with Gasteiger partial charge >= 0.3 is 10.3 Å². The molecule has 1 saturated heterocycles. The molecule has 2 aromatic rings. The van der Waals surface area contributed by atoms with Gasteiger partial charge < -0.3 is 26.4 Å². The summed E-state index contributed by atoms with van der Waals surface area (Å²) in [5.74, 6) is -1.38. The second-order valence-electron chi connectivity index (χ2n) is 7.39. The van der Waals surface area contributed by atoms with Crippen molar-refractivity contribution in [1.29, 1.82) is 5.41 Å². The molecule has 35 heavy (non-hydrogen) atoms. The second-order valence-corrected chi connectivity index (χ2v) is 9.57. The number of anilines is 1. The van der Waals surface area contributed by atoms with Gasteiger partial charge in [-0.2, -0.15) is 8.42 Å². The number of aromatic nitrogens is 1. The van der Waals surface area contributed by atoms with Crippen LogP contribution in [-0.4, -0.2) is 70.9 Å². The van der Waals surface area contributed by atoms with Gasteiger partial charge in [0.2, 0.25) is 0 Å². The number of thiazole rings is 1. The number of β-lactam (4-membered cyclic amide) rings is 1. The number of amidine groups is 1. The van der Waals surface area contributed by atoms with Crippen molar-refractivity contribution in [1.82, 2.24) is 14.6 Å². The summed E-state index contributed by atoms with van der Waals surface area (Å²) >= 11 is 1.05. The van der Waals surface area contributed by atoms with Gasteiger partial charge in [-0.25, -0.2) is 9.29 Å². The molecule has 14 nitrogen and oxygen atoms in total. The number of carbonyl (C=O) groups excluding carboxylic acids is 2. The van der Waals surface area contributed by atoms with Crippen LogP contribution in [0, 0.1) is 12.3 Å². The number of ether oxygens (including phenoxy) is 1. The minimum absolute atomic E-state index is 0.0520. The molecule has 16 heteroatoms. The highest BCUT2D eigenvalue weighted by atomic mass is 32.2. The maximum absolute atomic E-state index is 12.8. The Morgan fingerprint density at radius 1 is 1.40 bits per heavy atom. The van der Waals surface area contributed by atoms with Crippen LogP contribution in [0.3, 0.4) is 0 Å². The average molecular weight is 526 g/mol. The monoisotopic (exact) mass is 525 g/mol. The number of amides is 2. The maximum atomic E-state index is 12.8. The third kappa shape index (κ3) is 5.84. The van der Waals surface area contributed by atoms with Gasteiger partial charge in [0, 0.05) is 10.9 Å². The molecule has 1 aromatic carbocycles. The summed E-state index contributed by atoms with van der Waals surface area (Å²) in [6, 6.07) is 2.82. The molecule has 2 atom stereocenters. The molecule has 1 fully saturated rings. The molecular weight excluding hydrogens is 502 g/mol. The van der Waals surface area contributed by atoms with E-state index in [0.29, 0.717) is 11.3 Å². The molecule has 0 aliphatic carbocycles. The highest BCUT2D eigenvalue weighted by molar-refractivity contribution is 7.84. The Balaban J connectivity index is 1.63. The van der Waals surface area contributed by atoms with E-state index in [2.05, 4.69) is 15.5 Å². The number of nitrogens with zero attached hydrogens (tertiary/aromatic N) is 3. The quantitative estimate of drug-likeness (QED) is 0.0676. The summed E-state index contributed by atoms with van der Waals surface area (Å²) in [6.07, 6.45) is 0. The van der Waals surface area contributed by atoms with Crippen LogP contribution in [0.5, 0.6) is 5.75 Å². The fraction of sp³-hybridized carbons (Fsp3) is 0.316. The first-order valence-corrected chi connectivity index (χ1v) is 12.3. The summed E-state index contributed by atoms with van der Waals surface area (Å²) in [5.41, 5.74) is 12.3. The highest BCUT2D eigenvalue weighted by Crippen LogP contribution is 2.23. The fourth-order valence-corrected chi connectivity index (χ4v) is 4.68. The van der Waals surface area contributed by atoms with Crippen molar-refractivity contribution in [2.45, 2.75) is 25.9 Å². The SMILES string of the molecule is Cc1cc(OCCO/N=C(\C(=O)N[C@@H]2C(=O)N(S(=O)(=O)O)[C@H]2C)c2csc(N)n2)ccc1C(=N)N. The van der Waals surface area contributed by atoms with Crippen LogP contribution in [0.4, 0.5) is 5.13 Å². The number of nitrogen functional groups attached to an aromatic ring is 2. The molecule has 0 bridgehead atoms. The third-order valence-electron chi connectivity index (χ3n) is 4.94. The summed E-state index contributed by atoms with van der Waals surface area (Å²) in [6.45, 7) is 3.14. The molecule has 0 saturated carbocycles. The number of carbonyl (C=O) groups is 2. The van der Waals surface area contributed by atoms with Crippen LogP contribution in [-0.2, 0) is 24.7 Å². The van der Waals surface area contributed by atoms with Crippen LogP contribution < -0.4 is 21.5 Å². The Hall–Kier alpha value is -3.76. The molecule has 0 radical (unpaired) electrons. The topological polar surface area (TPSA) is 223 Å². The Bertz CT molecular complexity index is 1290. The lowest BCUT2D eigenvalue weighted by Crippen LogP contribution is -2.71. The first-order valence-electron chi connectivity index (χ1n) is 10.0. The van der Waals surface area contributed by atoms with E-state index >= 15 is 0 Å². The summed E-state index contributed by atoms with van der Waals surface area (Å²) in [4.78, 5) is 34.0. The Morgan fingerprint density at radius 2 is 2.11 bits per heavy atom. The minimum atomic E-state index is -4.74. The van der Waals surface area contributed by atoms with Crippen molar-refractivity contribution in [3.8, 4) is 5.75 Å². The lowest BCUT2D eigenvalue weighted by atomic mass is 10.0. The standard InChI is InChI=1S/C19H23N7O7S2/c1-9-7-11(3-4-12(9)16(20)21)32-5-6-33-25-15(13-8-34-19(22)23-13)17(27)24-14-10(2)26(18(14)28)35(29,30)31/h3-4,7-8,10,14H,5-6H2,1-2H3,(H3,20,21)(H2,22,23)(H,24,27)(H,29,30,31)/b25-15-/t10-,14-/m0/s1. The van der Waals surface area contributed by atoms with Gasteiger partial charge in [-0.15, -0.1) is 11.3 Å². The Morgan fingerprint density at radius 3 is 2.66 bits per heavy atom. The Labute approximate surface area is 204 Å². The number of rotatable bonds is 10. The van der Waals surface area contributed by atoms with Crippen molar-refractivity contribution in [2.24, 2.45) is 10.9 Å². The number of benzene rings is 1. The third-order valence-corrected chi connectivity index (χ3v) is 6.62. The van der Waals surface area contributed by atoms with Crippen LogP contribution in [0.2, 0.25) is 0 Å². The maximum Gasteiger partial charge on any atom is 0.362 e. The van der Waals surface area contributed by atoms with Gasteiger partial charge in [0.15, 0.2) is 17.5 Å².